The van der Waals surface area contributed by atoms with E-state index in [1.165, 1.54) is 0 Å². The molecule has 1 heterocycles. The molecule has 0 saturated heterocycles. The Hall–Kier alpha value is -2.20. The Balaban J connectivity index is 1.91. The Labute approximate surface area is 146 Å². The lowest BCUT2D eigenvalue weighted by Crippen LogP contribution is -2.41. The largest absolute Gasteiger partial charge is 0.497 e. The van der Waals surface area contributed by atoms with Crippen molar-refractivity contribution in [3.05, 3.63) is 58.6 Å². The highest BCUT2D eigenvalue weighted by Crippen LogP contribution is 2.41. The molecular formula is C19H20ClNO3. The lowest BCUT2D eigenvalue weighted by atomic mass is 9.89. The lowest BCUT2D eigenvalue weighted by Gasteiger charge is -2.38. The summed E-state index contributed by atoms with van der Waals surface area (Å²) in [6.07, 6.45) is 0.666. The third-order valence-corrected chi connectivity index (χ3v) is 4.30. The number of fused-ring (bicyclic) bond motifs is 1. The van der Waals surface area contributed by atoms with Gasteiger partial charge in [0.05, 0.1) is 13.2 Å². The smallest absolute Gasteiger partial charge is 0.251 e. The number of benzene rings is 2. The van der Waals surface area contributed by atoms with Crippen LogP contribution in [0.3, 0.4) is 0 Å². The highest BCUT2D eigenvalue weighted by atomic mass is 35.5. The van der Waals surface area contributed by atoms with Crippen molar-refractivity contribution in [3.8, 4) is 11.5 Å². The van der Waals surface area contributed by atoms with Crippen molar-refractivity contribution < 1.29 is 14.3 Å². The van der Waals surface area contributed by atoms with E-state index in [1.54, 1.807) is 31.4 Å². The Kier molecular flexibility index (Phi) is 4.41. The third kappa shape index (κ3) is 3.49. The van der Waals surface area contributed by atoms with E-state index in [9.17, 15) is 4.79 Å². The maximum atomic E-state index is 12.6. The van der Waals surface area contributed by atoms with E-state index in [0.29, 0.717) is 17.0 Å². The average molecular weight is 346 g/mol. The molecular weight excluding hydrogens is 326 g/mol. The predicted molar refractivity (Wildman–Crippen MR) is 94.0 cm³/mol. The van der Waals surface area contributed by atoms with Gasteiger partial charge in [-0.2, -0.15) is 0 Å². The molecule has 0 spiro atoms. The van der Waals surface area contributed by atoms with Crippen molar-refractivity contribution in [2.75, 3.05) is 7.11 Å². The van der Waals surface area contributed by atoms with E-state index in [2.05, 4.69) is 5.32 Å². The number of ether oxygens (including phenoxy) is 2. The average Bonchev–Trinajstić information content (AvgIpc) is 2.53. The summed E-state index contributed by atoms with van der Waals surface area (Å²) in [6, 6.07) is 12.4. The molecule has 3 rings (SSSR count). The summed E-state index contributed by atoms with van der Waals surface area (Å²) in [6.45, 7) is 4.03. The Morgan fingerprint density at radius 3 is 2.79 bits per heavy atom. The van der Waals surface area contributed by atoms with Crippen LogP contribution in [-0.2, 0) is 0 Å². The van der Waals surface area contributed by atoms with Crippen LogP contribution in [0.4, 0.5) is 0 Å². The first-order chi connectivity index (χ1) is 11.4. The number of carbonyl (C=O) groups is 1. The van der Waals surface area contributed by atoms with Crippen LogP contribution in [0.5, 0.6) is 11.5 Å². The molecule has 0 saturated carbocycles. The molecule has 0 bridgehead atoms. The van der Waals surface area contributed by atoms with E-state index in [0.717, 1.165) is 17.1 Å². The lowest BCUT2D eigenvalue weighted by molar-refractivity contribution is 0.0618. The second-order valence-electron chi connectivity index (χ2n) is 6.51. The fourth-order valence-corrected chi connectivity index (χ4v) is 3.15. The van der Waals surface area contributed by atoms with Gasteiger partial charge in [-0.25, -0.2) is 0 Å². The minimum Gasteiger partial charge on any atom is -0.497 e. The normalized spacial score (nSPS) is 18.2. The number of halogens is 1. The molecule has 0 radical (unpaired) electrons. The van der Waals surface area contributed by atoms with Crippen molar-refractivity contribution in [2.24, 2.45) is 0 Å². The van der Waals surface area contributed by atoms with Gasteiger partial charge in [0.2, 0.25) is 0 Å². The quantitative estimate of drug-likeness (QED) is 0.898. The van der Waals surface area contributed by atoms with Crippen LogP contribution in [-0.4, -0.2) is 18.6 Å². The maximum Gasteiger partial charge on any atom is 0.251 e. The van der Waals surface area contributed by atoms with Gasteiger partial charge in [0, 0.05) is 22.6 Å². The molecule has 1 unspecified atom stereocenters. The molecule has 5 heteroatoms. The Morgan fingerprint density at radius 1 is 1.29 bits per heavy atom. The zero-order valence-corrected chi connectivity index (χ0v) is 14.7. The van der Waals surface area contributed by atoms with Crippen molar-refractivity contribution in [2.45, 2.75) is 31.9 Å². The van der Waals surface area contributed by atoms with Crippen LogP contribution < -0.4 is 14.8 Å². The number of hydrogen-bond acceptors (Lipinski definition) is 3. The zero-order valence-electron chi connectivity index (χ0n) is 13.9. The van der Waals surface area contributed by atoms with E-state index in [1.807, 2.05) is 32.0 Å². The van der Waals surface area contributed by atoms with Crippen molar-refractivity contribution in [1.29, 1.82) is 0 Å². The monoisotopic (exact) mass is 345 g/mol. The molecule has 1 amide bonds. The topological polar surface area (TPSA) is 47.6 Å². The zero-order chi connectivity index (χ0) is 17.3. The fourth-order valence-electron chi connectivity index (χ4n) is 2.96. The molecule has 0 fully saturated rings. The number of methoxy groups -OCH3 is 1. The van der Waals surface area contributed by atoms with Crippen molar-refractivity contribution in [3.63, 3.8) is 0 Å². The summed E-state index contributed by atoms with van der Waals surface area (Å²) >= 11 is 5.98. The fraction of sp³-hybridized carbons (Fsp3) is 0.316. The summed E-state index contributed by atoms with van der Waals surface area (Å²) in [4.78, 5) is 12.6. The van der Waals surface area contributed by atoms with Gasteiger partial charge in [-0.1, -0.05) is 17.7 Å². The molecule has 4 nitrogen and oxygen atoms in total. The second-order valence-corrected chi connectivity index (χ2v) is 6.94. The second kappa shape index (κ2) is 6.36. The molecule has 24 heavy (non-hydrogen) atoms. The van der Waals surface area contributed by atoms with Crippen molar-refractivity contribution >= 4 is 17.5 Å². The van der Waals surface area contributed by atoms with Gasteiger partial charge in [-0.3, -0.25) is 4.79 Å². The summed E-state index contributed by atoms with van der Waals surface area (Å²) in [5.41, 5.74) is 1.09. The summed E-state index contributed by atoms with van der Waals surface area (Å²) in [5, 5.41) is 3.63. The minimum atomic E-state index is -0.367. The van der Waals surface area contributed by atoms with E-state index < -0.39 is 0 Å². The summed E-state index contributed by atoms with van der Waals surface area (Å²) in [5.74, 6) is 1.34. The van der Waals surface area contributed by atoms with Gasteiger partial charge >= 0.3 is 0 Å². The molecule has 126 valence electrons. The van der Waals surface area contributed by atoms with E-state index in [4.69, 9.17) is 21.1 Å². The van der Waals surface area contributed by atoms with Crippen LogP contribution in [0, 0.1) is 0 Å². The number of carbonyl (C=O) groups excluding carboxylic acids is 1. The molecule has 1 N–H and O–H groups in total. The first kappa shape index (κ1) is 16.7. The molecule has 2 aromatic carbocycles. The van der Waals surface area contributed by atoms with Crippen LogP contribution in [0.1, 0.15) is 42.2 Å². The van der Waals surface area contributed by atoms with E-state index >= 15 is 0 Å². The molecule has 1 aliphatic heterocycles. The Morgan fingerprint density at radius 2 is 2.08 bits per heavy atom. The third-order valence-electron chi connectivity index (χ3n) is 4.07. The molecule has 0 aliphatic carbocycles. The number of nitrogens with one attached hydrogen (secondary N) is 1. The standard InChI is InChI=1S/C19H20ClNO3/c1-19(2)11-16(15-10-14(23-3)7-8-17(15)24-19)21-18(22)12-5-4-6-13(20)9-12/h4-10,16H,11H2,1-3H3,(H,21,22). The highest BCUT2D eigenvalue weighted by molar-refractivity contribution is 6.30. The number of hydrogen-bond donors (Lipinski definition) is 1. The van der Waals surface area contributed by atoms with Gasteiger partial charge < -0.3 is 14.8 Å². The van der Waals surface area contributed by atoms with Gasteiger partial charge in [0.1, 0.15) is 17.1 Å². The number of rotatable bonds is 3. The SMILES string of the molecule is COc1ccc2c(c1)C(NC(=O)c1cccc(Cl)c1)CC(C)(C)O2. The maximum absolute atomic E-state index is 12.6. The van der Waals surface area contributed by atoms with Gasteiger partial charge in [0.15, 0.2) is 0 Å². The molecule has 1 aliphatic rings. The predicted octanol–water partition coefficient (Wildman–Crippen LogP) is 4.38. The van der Waals surface area contributed by atoms with Crippen LogP contribution in [0.15, 0.2) is 42.5 Å². The molecule has 1 atom stereocenters. The molecule has 2 aromatic rings. The van der Waals surface area contributed by atoms with Crippen LogP contribution in [0.25, 0.3) is 0 Å². The van der Waals surface area contributed by atoms with Gasteiger partial charge in [-0.05, 0) is 50.2 Å². The first-order valence-corrected chi connectivity index (χ1v) is 8.19. The van der Waals surface area contributed by atoms with Crippen LogP contribution in [0.2, 0.25) is 5.02 Å². The first-order valence-electron chi connectivity index (χ1n) is 7.81. The van der Waals surface area contributed by atoms with Gasteiger partial charge in [-0.15, -0.1) is 0 Å². The Bertz CT molecular complexity index is 773. The summed E-state index contributed by atoms with van der Waals surface area (Å²) < 4.78 is 11.3. The van der Waals surface area contributed by atoms with Crippen LogP contribution >= 0.6 is 11.6 Å². The minimum absolute atomic E-state index is 0.158. The molecule has 0 aromatic heterocycles. The highest BCUT2D eigenvalue weighted by Gasteiger charge is 2.35. The van der Waals surface area contributed by atoms with E-state index in [-0.39, 0.29) is 17.6 Å². The summed E-state index contributed by atoms with van der Waals surface area (Å²) in [7, 11) is 1.62. The van der Waals surface area contributed by atoms with Gasteiger partial charge in [0.25, 0.3) is 5.91 Å². The number of amides is 1. The van der Waals surface area contributed by atoms with Crippen molar-refractivity contribution in [1.82, 2.24) is 5.32 Å².